The number of benzene rings is 2. The maximum atomic E-state index is 6.25. The molecule has 0 radical (unpaired) electrons. The van der Waals surface area contributed by atoms with Gasteiger partial charge in [-0.15, -0.1) is 0 Å². The van der Waals surface area contributed by atoms with E-state index in [0.29, 0.717) is 11.6 Å². The van der Waals surface area contributed by atoms with Crippen LogP contribution >= 0.6 is 0 Å². The van der Waals surface area contributed by atoms with Crippen molar-refractivity contribution in [3.63, 3.8) is 0 Å². The molecule has 0 bridgehead atoms. The van der Waals surface area contributed by atoms with Gasteiger partial charge in [0.15, 0.2) is 0 Å². The second-order valence-electron chi connectivity index (χ2n) is 5.76. The molecule has 0 saturated carbocycles. The van der Waals surface area contributed by atoms with Crippen molar-refractivity contribution >= 4 is 5.69 Å². The number of hydrogen-bond donors (Lipinski definition) is 1. The van der Waals surface area contributed by atoms with Gasteiger partial charge in [0.1, 0.15) is 11.9 Å². The Morgan fingerprint density at radius 3 is 2.52 bits per heavy atom. The van der Waals surface area contributed by atoms with E-state index in [9.17, 15) is 0 Å². The van der Waals surface area contributed by atoms with E-state index in [1.807, 2.05) is 24.3 Å². The molecule has 1 saturated heterocycles. The van der Waals surface area contributed by atoms with Crippen molar-refractivity contribution in [2.75, 3.05) is 25.9 Å². The summed E-state index contributed by atoms with van der Waals surface area (Å²) in [7, 11) is 2.17. The summed E-state index contributed by atoms with van der Waals surface area (Å²) in [5, 5.41) is 0. The number of likely N-dealkylation sites (N-methyl/N-ethyl adjacent to an activating group) is 1. The van der Waals surface area contributed by atoms with Gasteiger partial charge in [0, 0.05) is 19.0 Å². The number of para-hydroxylation sites is 2. The fourth-order valence-electron chi connectivity index (χ4n) is 3.01. The molecule has 0 unspecified atom stereocenters. The van der Waals surface area contributed by atoms with Crippen molar-refractivity contribution in [1.29, 1.82) is 0 Å². The summed E-state index contributed by atoms with van der Waals surface area (Å²) in [6.07, 6.45) is 1.19. The molecular formula is C18H22N2O. The van der Waals surface area contributed by atoms with E-state index in [0.717, 1.165) is 25.3 Å². The van der Waals surface area contributed by atoms with Crippen molar-refractivity contribution in [2.45, 2.75) is 18.4 Å². The number of piperidine rings is 1. The normalized spacial score (nSPS) is 22.9. The summed E-state index contributed by atoms with van der Waals surface area (Å²) >= 11 is 0. The van der Waals surface area contributed by atoms with Gasteiger partial charge in [-0.25, -0.2) is 0 Å². The zero-order chi connectivity index (χ0) is 14.7. The summed E-state index contributed by atoms with van der Waals surface area (Å²) < 4.78 is 6.25. The van der Waals surface area contributed by atoms with Crippen LogP contribution in [0.1, 0.15) is 17.9 Å². The Morgan fingerprint density at radius 1 is 1.05 bits per heavy atom. The van der Waals surface area contributed by atoms with E-state index in [1.54, 1.807) is 0 Å². The van der Waals surface area contributed by atoms with E-state index < -0.39 is 0 Å². The monoisotopic (exact) mass is 282 g/mol. The number of rotatable bonds is 3. The smallest absolute Gasteiger partial charge is 0.142 e. The molecule has 2 N–H and O–H groups in total. The van der Waals surface area contributed by atoms with Crippen molar-refractivity contribution in [3.8, 4) is 5.75 Å². The molecule has 110 valence electrons. The quantitative estimate of drug-likeness (QED) is 0.879. The third-order valence-electron chi connectivity index (χ3n) is 4.18. The molecular weight excluding hydrogens is 260 g/mol. The minimum absolute atomic E-state index is 0.174. The van der Waals surface area contributed by atoms with Gasteiger partial charge in [-0.1, -0.05) is 42.5 Å². The Labute approximate surface area is 126 Å². The number of nitrogens with two attached hydrogens (primary N) is 1. The molecule has 2 aromatic carbocycles. The molecule has 0 aromatic heterocycles. The predicted octanol–water partition coefficient (Wildman–Crippen LogP) is 3.14. The molecule has 3 nitrogen and oxygen atoms in total. The van der Waals surface area contributed by atoms with Crippen LogP contribution in [0.3, 0.4) is 0 Å². The topological polar surface area (TPSA) is 38.5 Å². The largest absolute Gasteiger partial charge is 0.488 e. The third kappa shape index (κ3) is 3.19. The first-order valence-electron chi connectivity index (χ1n) is 7.48. The van der Waals surface area contributed by atoms with E-state index in [1.165, 1.54) is 5.56 Å². The number of ether oxygens (including phenoxy) is 1. The zero-order valence-corrected chi connectivity index (χ0v) is 12.4. The van der Waals surface area contributed by atoms with Gasteiger partial charge in [-0.2, -0.15) is 0 Å². The van der Waals surface area contributed by atoms with Crippen LogP contribution in [0.15, 0.2) is 54.6 Å². The average Bonchev–Trinajstić information content (AvgIpc) is 2.52. The van der Waals surface area contributed by atoms with Crippen LogP contribution in [0.5, 0.6) is 5.75 Å². The lowest BCUT2D eigenvalue weighted by atomic mass is 9.88. The molecule has 1 heterocycles. The minimum Gasteiger partial charge on any atom is -0.488 e. The Kier molecular flexibility index (Phi) is 4.11. The molecule has 3 rings (SSSR count). The SMILES string of the molecule is CN1CC[C@H](Oc2ccccc2N)[C@H](c2ccccc2)C1. The number of nitrogens with zero attached hydrogens (tertiary/aromatic N) is 1. The second-order valence-corrected chi connectivity index (χ2v) is 5.76. The van der Waals surface area contributed by atoms with Gasteiger partial charge < -0.3 is 15.4 Å². The van der Waals surface area contributed by atoms with Crippen LogP contribution < -0.4 is 10.5 Å². The summed E-state index contributed by atoms with van der Waals surface area (Å²) in [4.78, 5) is 2.37. The van der Waals surface area contributed by atoms with Crippen LogP contribution in [0, 0.1) is 0 Å². The fourth-order valence-corrected chi connectivity index (χ4v) is 3.01. The lowest BCUT2D eigenvalue weighted by Crippen LogP contribution is -2.42. The van der Waals surface area contributed by atoms with Crippen molar-refractivity contribution in [1.82, 2.24) is 4.90 Å². The van der Waals surface area contributed by atoms with Crippen LogP contribution in [-0.4, -0.2) is 31.1 Å². The van der Waals surface area contributed by atoms with Crippen molar-refractivity contribution in [3.05, 3.63) is 60.2 Å². The Hall–Kier alpha value is -2.00. The van der Waals surface area contributed by atoms with Gasteiger partial charge >= 0.3 is 0 Å². The number of nitrogen functional groups attached to an aromatic ring is 1. The van der Waals surface area contributed by atoms with Crippen LogP contribution in [0.25, 0.3) is 0 Å². The number of likely N-dealkylation sites (tertiary alicyclic amines) is 1. The van der Waals surface area contributed by atoms with E-state index in [-0.39, 0.29) is 6.10 Å². The maximum absolute atomic E-state index is 6.25. The van der Waals surface area contributed by atoms with Crippen LogP contribution in [-0.2, 0) is 0 Å². The molecule has 2 atom stereocenters. The van der Waals surface area contributed by atoms with Gasteiger partial charge in [0.05, 0.1) is 5.69 Å². The summed E-state index contributed by atoms with van der Waals surface area (Å²) in [6.45, 7) is 2.07. The van der Waals surface area contributed by atoms with Crippen LogP contribution in [0.2, 0.25) is 0 Å². The molecule has 0 amide bonds. The van der Waals surface area contributed by atoms with Gasteiger partial charge in [0.25, 0.3) is 0 Å². The maximum Gasteiger partial charge on any atom is 0.142 e. The molecule has 2 aromatic rings. The summed E-state index contributed by atoms with van der Waals surface area (Å²) in [6, 6.07) is 18.4. The lowest BCUT2D eigenvalue weighted by Gasteiger charge is -2.37. The fraction of sp³-hybridized carbons (Fsp3) is 0.333. The molecule has 0 aliphatic carbocycles. The molecule has 21 heavy (non-hydrogen) atoms. The summed E-state index contributed by atoms with van der Waals surface area (Å²) in [5.74, 6) is 1.18. The molecule has 0 spiro atoms. The van der Waals surface area contributed by atoms with E-state index >= 15 is 0 Å². The van der Waals surface area contributed by atoms with E-state index in [4.69, 9.17) is 10.5 Å². The molecule has 1 aliphatic heterocycles. The lowest BCUT2D eigenvalue weighted by molar-refractivity contribution is 0.0908. The van der Waals surface area contributed by atoms with E-state index in [2.05, 4.69) is 42.3 Å². The van der Waals surface area contributed by atoms with Crippen LogP contribution in [0.4, 0.5) is 5.69 Å². The highest BCUT2D eigenvalue weighted by atomic mass is 16.5. The average molecular weight is 282 g/mol. The first-order chi connectivity index (χ1) is 10.2. The molecule has 3 heteroatoms. The van der Waals surface area contributed by atoms with Gasteiger partial charge in [0.2, 0.25) is 0 Å². The zero-order valence-electron chi connectivity index (χ0n) is 12.4. The Bertz CT molecular complexity index is 585. The van der Waals surface area contributed by atoms with Gasteiger partial charge in [-0.05, 0) is 31.2 Å². The third-order valence-corrected chi connectivity index (χ3v) is 4.18. The minimum atomic E-state index is 0.174. The Balaban J connectivity index is 1.83. The van der Waals surface area contributed by atoms with Crippen molar-refractivity contribution in [2.24, 2.45) is 0 Å². The highest BCUT2D eigenvalue weighted by Crippen LogP contribution is 2.32. The standard InChI is InChI=1S/C18H22N2O/c1-20-12-11-17(21-18-10-6-5-9-16(18)19)15(13-20)14-7-3-2-4-8-14/h2-10,15,17H,11-13,19H2,1H3/t15-,17-/m0/s1. The first-order valence-corrected chi connectivity index (χ1v) is 7.48. The highest BCUT2D eigenvalue weighted by Gasteiger charge is 2.30. The van der Waals surface area contributed by atoms with Gasteiger partial charge in [-0.3, -0.25) is 0 Å². The number of anilines is 1. The first kappa shape index (κ1) is 14.0. The molecule has 1 aliphatic rings. The highest BCUT2D eigenvalue weighted by molar-refractivity contribution is 5.52. The molecule has 1 fully saturated rings. The second kappa shape index (κ2) is 6.19. The van der Waals surface area contributed by atoms with Crippen molar-refractivity contribution < 1.29 is 4.74 Å². The number of hydrogen-bond acceptors (Lipinski definition) is 3. The predicted molar refractivity (Wildman–Crippen MR) is 86.6 cm³/mol. The Morgan fingerprint density at radius 2 is 1.76 bits per heavy atom. The summed E-state index contributed by atoms with van der Waals surface area (Å²) in [5.41, 5.74) is 8.06.